The van der Waals surface area contributed by atoms with E-state index in [1.54, 1.807) is 0 Å². The van der Waals surface area contributed by atoms with Gasteiger partial charge in [-0.05, 0) is 49.9 Å². The lowest BCUT2D eigenvalue weighted by Crippen LogP contribution is -2.25. The second-order valence-corrected chi connectivity index (χ2v) is 10.6. The number of sulfone groups is 1. The lowest BCUT2D eigenvalue weighted by molar-refractivity contribution is 0.0922. The molecule has 1 fully saturated rings. The standard InChI is InChI=1S/C23H28N2O4S/c1-16-7-8-22(17(2)11-16)29-14-19(26)13-25-21-6-4-3-5-20(21)24-23(25)12-18-9-10-30(27,28)15-18/h3-8,11,18-19,26H,9-10,12-15H2,1-2H3/t18-,19-/m0/s1. The fraction of sp³-hybridized carbons (Fsp3) is 0.435. The van der Waals surface area contributed by atoms with E-state index < -0.39 is 15.9 Å². The summed E-state index contributed by atoms with van der Waals surface area (Å²) in [6.07, 6.45) is 0.553. The van der Waals surface area contributed by atoms with E-state index >= 15 is 0 Å². The van der Waals surface area contributed by atoms with Crippen LogP contribution in [-0.2, 0) is 22.8 Å². The average Bonchev–Trinajstić information content (AvgIpc) is 3.20. The number of imidazole rings is 1. The van der Waals surface area contributed by atoms with Crippen LogP contribution in [0.15, 0.2) is 42.5 Å². The number of benzene rings is 2. The van der Waals surface area contributed by atoms with Gasteiger partial charge in [0, 0.05) is 6.42 Å². The second-order valence-electron chi connectivity index (χ2n) is 8.33. The highest BCUT2D eigenvalue weighted by molar-refractivity contribution is 7.91. The first-order chi connectivity index (χ1) is 14.3. The SMILES string of the molecule is Cc1ccc(OC[C@@H](O)Cn2c(C[C@@H]3CCS(=O)(=O)C3)nc3ccccc32)c(C)c1. The number of hydrogen-bond acceptors (Lipinski definition) is 5. The number of hydrogen-bond donors (Lipinski definition) is 1. The third-order valence-corrected chi connectivity index (χ3v) is 7.52. The molecule has 1 N–H and O–H groups in total. The molecule has 1 aromatic heterocycles. The molecule has 0 spiro atoms. The van der Waals surface area contributed by atoms with Gasteiger partial charge in [0.2, 0.25) is 0 Å². The van der Waals surface area contributed by atoms with E-state index in [1.165, 1.54) is 5.56 Å². The van der Waals surface area contributed by atoms with E-state index in [1.807, 2.05) is 54.8 Å². The minimum atomic E-state index is -2.93. The number of rotatable bonds is 7. The van der Waals surface area contributed by atoms with Gasteiger partial charge >= 0.3 is 0 Å². The van der Waals surface area contributed by atoms with Crippen LogP contribution in [0.1, 0.15) is 23.4 Å². The quantitative estimate of drug-likeness (QED) is 0.625. The summed E-state index contributed by atoms with van der Waals surface area (Å²) in [5, 5.41) is 10.7. The molecular weight excluding hydrogens is 400 g/mol. The van der Waals surface area contributed by atoms with Gasteiger partial charge < -0.3 is 14.4 Å². The van der Waals surface area contributed by atoms with Crippen LogP contribution in [0.5, 0.6) is 5.75 Å². The van der Waals surface area contributed by atoms with Crippen molar-refractivity contribution in [2.75, 3.05) is 18.1 Å². The number of fused-ring (bicyclic) bond motifs is 1. The van der Waals surface area contributed by atoms with Gasteiger partial charge in [0.05, 0.1) is 29.1 Å². The normalized spacial score (nSPS) is 19.2. The highest BCUT2D eigenvalue weighted by Crippen LogP contribution is 2.25. The van der Waals surface area contributed by atoms with Crippen LogP contribution in [0, 0.1) is 19.8 Å². The molecule has 7 heteroatoms. The Morgan fingerprint density at radius 2 is 2.03 bits per heavy atom. The predicted octanol–water partition coefficient (Wildman–Crippen LogP) is 3.07. The molecular formula is C23H28N2O4S. The Kier molecular flexibility index (Phi) is 5.84. The van der Waals surface area contributed by atoms with Crippen molar-refractivity contribution < 1.29 is 18.3 Å². The summed E-state index contributed by atoms with van der Waals surface area (Å²) in [6.45, 7) is 4.55. The van der Waals surface area contributed by atoms with Gasteiger partial charge in [-0.15, -0.1) is 0 Å². The minimum absolute atomic E-state index is 0.0779. The summed E-state index contributed by atoms with van der Waals surface area (Å²) in [5.41, 5.74) is 4.01. The molecule has 160 valence electrons. The molecule has 6 nitrogen and oxygen atoms in total. The van der Waals surface area contributed by atoms with Crippen molar-refractivity contribution in [3.8, 4) is 5.75 Å². The third-order valence-electron chi connectivity index (χ3n) is 5.69. The number of ether oxygens (including phenoxy) is 1. The summed E-state index contributed by atoms with van der Waals surface area (Å²) in [7, 11) is -2.93. The second kappa shape index (κ2) is 8.40. The van der Waals surface area contributed by atoms with Crippen LogP contribution in [-0.4, -0.2) is 47.3 Å². The van der Waals surface area contributed by atoms with Crippen molar-refractivity contribution in [2.45, 2.75) is 39.3 Å². The largest absolute Gasteiger partial charge is 0.491 e. The Morgan fingerprint density at radius 1 is 1.23 bits per heavy atom. The highest BCUT2D eigenvalue weighted by atomic mass is 32.2. The van der Waals surface area contributed by atoms with Gasteiger partial charge in [-0.25, -0.2) is 13.4 Å². The minimum Gasteiger partial charge on any atom is -0.491 e. The lowest BCUT2D eigenvalue weighted by atomic mass is 10.1. The van der Waals surface area contributed by atoms with E-state index in [9.17, 15) is 13.5 Å². The number of nitrogens with zero attached hydrogens (tertiary/aromatic N) is 2. The van der Waals surface area contributed by atoms with Crippen LogP contribution >= 0.6 is 0 Å². The van der Waals surface area contributed by atoms with E-state index in [2.05, 4.69) is 6.07 Å². The fourth-order valence-corrected chi connectivity index (χ4v) is 6.05. The van der Waals surface area contributed by atoms with Gasteiger partial charge in [-0.1, -0.05) is 29.8 Å². The Hall–Kier alpha value is -2.38. The van der Waals surface area contributed by atoms with Gasteiger partial charge in [-0.2, -0.15) is 0 Å². The molecule has 0 radical (unpaired) electrons. The maximum absolute atomic E-state index is 11.9. The summed E-state index contributed by atoms with van der Waals surface area (Å²) in [5.74, 6) is 2.14. The van der Waals surface area contributed by atoms with Gasteiger partial charge in [0.1, 0.15) is 24.3 Å². The van der Waals surface area contributed by atoms with Gasteiger partial charge in [-0.3, -0.25) is 0 Å². The molecule has 0 unspecified atom stereocenters. The zero-order valence-electron chi connectivity index (χ0n) is 17.4. The Bertz CT molecular complexity index is 1150. The molecule has 30 heavy (non-hydrogen) atoms. The molecule has 3 aromatic rings. The maximum atomic E-state index is 11.9. The van der Waals surface area contributed by atoms with Crippen molar-refractivity contribution in [1.82, 2.24) is 9.55 Å². The van der Waals surface area contributed by atoms with Crippen molar-refractivity contribution in [3.05, 3.63) is 59.4 Å². The number of aromatic nitrogens is 2. The van der Waals surface area contributed by atoms with E-state index in [0.29, 0.717) is 19.4 Å². The molecule has 0 bridgehead atoms. The van der Waals surface area contributed by atoms with Crippen molar-refractivity contribution in [2.24, 2.45) is 5.92 Å². The molecule has 1 aliphatic rings. The molecule has 2 aromatic carbocycles. The number of aliphatic hydroxyl groups is 1. The first-order valence-corrected chi connectivity index (χ1v) is 12.2. The summed E-state index contributed by atoms with van der Waals surface area (Å²) >= 11 is 0. The molecule has 0 amide bonds. The first-order valence-electron chi connectivity index (χ1n) is 10.3. The maximum Gasteiger partial charge on any atom is 0.150 e. The molecule has 1 aliphatic heterocycles. The summed E-state index contributed by atoms with van der Waals surface area (Å²) < 4.78 is 31.6. The number of aliphatic hydroxyl groups excluding tert-OH is 1. The van der Waals surface area contributed by atoms with Gasteiger partial charge in [0.15, 0.2) is 9.84 Å². The van der Waals surface area contributed by atoms with Crippen LogP contribution in [0.3, 0.4) is 0 Å². The molecule has 0 aliphatic carbocycles. The topological polar surface area (TPSA) is 81.4 Å². The molecule has 4 rings (SSSR count). The van der Waals surface area contributed by atoms with Crippen LogP contribution in [0.25, 0.3) is 11.0 Å². The lowest BCUT2D eigenvalue weighted by Gasteiger charge is -2.17. The molecule has 2 heterocycles. The summed E-state index contributed by atoms with van der Waals surface area (Å²) in [4.78, 5) is 4.74. The van der Waals surface area contributed by atoms with Crippen LogP contribution in [0.2, 0.25) is 0 Å². The highest BCUT2D eigenvalue weighted by Gasteiger charge is 2.29. The van der Waals surface area contributed by atoms with E-state index in [-0.39, 0.29) is 24.0 Å². The van der Waals surface area contributed by atoms with E-state index in [4.69, 9.17) is 9.72 Å². The number of aryl methyl sites for hydroxylation is 2. The summed E-state index contributed by atoms with van der Waals surface area (Å²) in [6, 6.07) is 13.8. The Morgan fingerprint density at radius 3 is 2.77 bits per heavy atom. The van der Waals surface area contributed by atoms with Crippen LogP contribution in [0.4, 0.5) is 0 Å². The molecule has 1 saturated heterocycles. The van der Waals surface area contributed by atoms with Crippen molar-refractivity contribution >= 4 is 20.9 Å². The molecule has 0 saturated carbocycles. The fourth-order valence-electron chi connectivity index (χ4n) is 4.19. The third kappa shape index (κ3) is 4.68. The first kappa shape index (κ1) is 20.9. The smallest absolute Gasteiger partial charge is 0.150 e. The zero-order chi connectivity index (χ0) is 21.3. The predicted molar refractivity (Wildman–Crippen MR) is 118 cm³/mol. The van der Waals surface area contributed by atoms with Crippen LogP contribution < -0.4 is 4.74 Å². The Labute approximate surface area is 177 Å². The monoisotopic (exact) mass is 428 g/mol. The van der Waals surface area contributed by atoms with E-state index in [0.717, 1.165) is 28.2 Å². The van der Waals surface area contributed by atoms with Crippen molar-refractivity contribution in [3.63, 3.8) is 0 Å². The average molecular weight is 429 g/mol. The zero-order valence-corrected chi connectivity index (χ0v) is 18.2. The van der Waals surface area contributed by atoms with Gasteiger partial charge in [0.25, 0.3) is 0 Å². The Balaban J connectivity index is 1.50. The van der Waals surface area contributed by atoms with Crippen molar-refractivity contribution in [1.29, 1.82) is 0 Å². The number of para-hydroxylation sites is 2. The molecule has 2 atom stereocenters.